The van der Waals surface area contributed by atoms with Crippen molar-refractivity contribution in [3.63, 3.8) is 0 Å². The Bertz CT molecular complexity index is 2230. The van der Waals surface area contributed by atoms with Crippen molar-refractivity contribution in [3.8, 4) is 11.5 Å². The summed E-state index contributed by atoms with van der Waals surface area (Å²) in [6.45, 7) is 1.94. The number of carbonyl (C=O) groups is 2. The first-order valence-electron chi connectivity index (χ1n) is 17.7. The summed E-state index contributed by atoms with van der Waals surface area (Å²) >= 11 is 0. The van der Waals surface area contributed by atoms with E-state index in [1.165, 1.54) is 12.1 Å². The number of aromatic amines is 1. The highest BCUT2D eigenvalue weighted by Gasteiger charge is 2.19. The number of aromatic hydroxyl groups is 1. The second-order valence-corrected chi connectivity index (χ2v) is 12.9. The first-order chi connectivity index (χ1) is 26.2. The summed E-state index contributed by atoms with van der Waals surface area (Å²) in [6, 6.07) is 39.2. The third-order valence-corrected chi connectivity index (χ3v) is 9.09. The number of H-pyrrole nitrogens is 1. The number of amides is 2. The van der Waals surface area contributed by atoms with Crippen LogP contribution in [0.3, 0.4) is 0 Å². The number of aromatic nitrogens is 1. The minimum absolute atomic E-state index is 0.0647. The van der Waals surface area contributed by atoms with E-state index in [2.05, 4.69) is 15.6 Å². The Morgan fingerprint density at radius 2 is 1.52 bits per heavy atom. The molecule has 5 aromatic carbocycles. The Morgan fingerprint density at radius 1 is 0.796 bits per heavy atom. The number of phenols is 1. The average molecular weight is 727 g/mol. The molecule has 0 bridgehead atoms. The van der Waals surface area contributed by atoms with Gasteiger partial charge in [-0.05, 0) is 77.2 Å². The molecular weight excluding hydrogens is 684 g/mol. The molecule has 11 heteroatoms. The Morgan fingerprint density at radius 3 is 2.26 bits per heavy atom. The zero-order valence-corrected chi connectivity index (χ0v) is 29.5. The predicted octanol–water partition coefficient (Wildman–Crippen LogP) is 6.53. The Hall–Kier alpha value is -6.43. The number of nitrogens with zero attached hydrogens (tertiary/aromatic N) is 1. The van der Waals surface area contributed by atoms with Crippen molar-refractivity contribution < 1.29 is 29.6 Å². The lowest BCUT2D eigenvalue weighted by Crippen LogP contribution is -2.33. The SMILES string of the molecule is O=C(O)NC(c1ccccc1)c1cccc(OCc2ccc(C(=O)N(CCCNC[C@@H](O)c3ccc(O)c4[nH]c(=O)ccc34)Cc3ccccc3)cc2)c1. The van der Waals surface area contributed by atoms with Gasteiger partial charge in [0.25, 0.3) is 5.91 Å². The number of rotatable bonds is 16. The maximum Gasteiger partial charge on any atom is 0.405 e. The Labute approximate surface area is 312 Å². The number of hydrogen-bond acceptors (Lipinski definition) is 7. The number of fused-ring (bicyclic) bond motifs is 1. The molecule has 6 rings (SSSR count). The number of phenolic OH excluding ortho intramolecular Hbond substituents is 1. The van der Waals surface area contributed by atoms with Crippen LogP contribution < -0.4 is 20.9 Å². The highest BCUT2D eigenvalue weighted by Crippen LogP contribution is 2.29. The van der Waals surface area contributed by atoms with Crippen molar-refractivity contribution >= 4 is 22.9 Å². The average Bonchev–Trinajstić information content (AvgIpc) is 3.19. The van der Waals surface area contributed by atoms with Gasteiger partial charge in [0.2, 0.25) is 5.56 Å². The molecule has 276 valence electrons. The normalized spacial score (nSPS) is 12.2. The molecule has 2 atom stereocenters. The molecule has 2 amide bonds. The fourth-order valence-electron chi connectivity index (χ4n) is 6.35. The van der Waals surface area contributed by atoms with Gasteiger partial charge in [0.1, 0.15) is 18.1 Å². The summed E-state index contributed by atoms with van der Waals surface area (Å²) in [6.07, 6.45) is -1.37. The van der Waals surface area contributed by atoms with Gasteiger partial charge in [0, 0.05) is 36.7 Å². The fourth-order valence-corrected chi connectivity index (χ4v) is 6.35. The highest BCUT2D eigenvalue weighted by atomic mass is 16.5. The zero-order valence-electron chi connectivity index (χ0n) is 29.5. The minimum atomic E-state index is -1.12. The summed E-state index contributed by atoms with van der Waals surface area (Å²) in [5.41, 5.74) is 4.50. The third kappa shape index (κ3) is 9.71. The lowest BCUT2D eigenvalue weighted by atomic mass is 9.98. The van der Waals surface area contributed by atoms with Gasteiger partial charge in [-0.25, -0.2) is 4.79 Å². The molecule has 0 aliphatic rings. The summed E-state index contributed by atoms with van der Waals surface area (Å²) in [7, 11) is 0. The lowest BCUT2D eigenvalue weighted by Gasteiger charge is -2.23. The zero-order chi connectivity index (χ0) is 37.9. The molecule has 0 aliphatic carbocycles. The molecule has 0 saturated carbocycles. The number of benzene rings is 5. The second-order valence-electron chi connectivity index (χ2n) is 12.9. The monoisotopic (exact) mass is 726 g/mol. The molecule has 0 saturated heterocycles. The van der Waals surface area contributed by atoms with Crippen LogP contribution in [0.5, 0.6) is 11.5 Å². The maximum absolute atomic E-state index is 13.8. The van der Waals surface area contributed by atoms with E-state index in [0.29, 0.717) is 48.3 Å². The van der Waals surface area contributed by atoms with Crippen LogP contribution in [0.2, 0.25) is 0 Å². The number of carbonyl (C=O) groups excluding carboxylic acids is 1. The standard InChI is InChI=1S/C43H42N4O7/c48-37-21-19-35(36-20-22-39(50)45-41(36)37)38(49)26-44-23-8-24-47(27-29-9-3-1-4-10-29)42(51)32-17-15-30(16-18-32)28-54-34-14-7-13-33(25-34)40(46-43(52)53)31-11-5-2-6-12-31/h1-7,9-22,25,38,40,44,46,48-49H,8,23-24,26-28H2,(H,45,50)(H,52,53)/t38-,40?/m1/s1. The van der Waals surface area contributed by atoms with Gasteiger partial charge in [0.05, 0.1) is 17.7 Å². The fraction of sp³-hybridized carbons (Fsp3) is 0.186. The van der Waals surface area contributed by atoms with Gasteiger partial charge in [-0.3, -0.25) is 9.59 Å². The predicted molar refractivity (Wildman–Crippen MR) is 207 cm³/mol. The molecule has 0 fully saturated rings. The number of aliphatic hydroxyl groups excluding tert-OH is 1. The van der Waals surface area contributed by atoms with E-state index < -0.39 is 18.2 Å². The van der Waals surface area contributed by atoms with Gasteiger partial charge < -0.3 is 40.6 Å². The van der Waals surface area contributed by atoms with Crippen LogP contribution in [-0.2, 0) is 13.2 Å². The first-order valence-corrected chi connectivity index (χ1v) is 17.7. The molecular formula is C43H42N4O7. The first kappa shape index (κ1) is 37.3. The molecule has 0 aliphatic heterocycles. The van der Waals surface area contributed by atoms with Crippen LogP contribution in [0, 0.1) is 0 Å². The Kier molecular flexibility index (Phi) is 12.4. The number of hydrogen-bond donors (Lipinski definition) is 6. The third-order valence-electron chi connectivity index (χ3n) is 9.09. The second kappa shape index (κ2) is 17.9. The molecule has 1 aromatic heterocycles. The van der Waals surface area contributed by atoms with Crippen molar-refractivity contribution in [3.05, 3.63) is 177 Å². The lowest BCUT2D eigenvalue weighted by molar-refractivity contribution is 0.0740. The molecule has 1 heterocycles. The summed E-state index contributed by atoms with van der Waals surface area (Å²) in [5.74, 6) is 0.412. The van der Waals surface area contributed by atoms with Gasteiger partial charge in [-0.1, -0.05) is 91.0 Å². The van der Waals surface area contributed by atoms with Crippen LogP contribution in [0.4, 0.5) is 4.79 Å². The molecule has 1 unspecified atom stereocenters. The minimum Gasteiger partial charge on any atom is -0.506 e. The molecule has 0 radical (unpaired) electrons. The quantitative estimate of drug-likeness (QED) is 0.0614. The number of ether oxygens (including phenoxy) is 1. The van der Waals surface area contributed by atoms with E-state index in [9.17, 15) is 29.7 Å². The van der Waals surface area contributed by atoms with Crippen molar-refractivity contribution in [2.75, 3.05) is 19.6 Å². The van der Waals surface area contributed by atoms with Crippen molar-refractivity contribution in [1.82, 2.24) is 20.5 Å². The van der Waals surface area contributed by atoms with Gasteiger partial charge >= 0.3 is 6.09 Å². The molecule has 6 N–H and O–H groups in total. The van der Waals surface area contributed by atoms with Crippen molar-refractivity contribution in [2.24, 2.45) is 0 Å². The van der Waals surface area contributed by atoms with Crippen LogP contribution in [0.15, 0.2) is 138 Å². The smallest absolute Gasteiger partial charge is 0.405 e. The van der Waals surface area contributed by atoms with Crippen LogP contribution in [0.25, 0.3) is 10.9 Å². The Balaban J connectivity index is 1.05. The van der Waals surface area contributed by atoms with E-state index in [0.717, 1.165) is 22.3 Å². The maximum atomic E-state index is 13.8. The summed E-state index contributed by atoms with van der Waals surface area (Å²) in [5, 5.41) is 37.0. The summed E-state index contributed by atoms with van der Waals surface area (Å²) in [4.78, 5) is 41.6. The van der Waals surface area contributed by atoms with Crippen molar-refractivity contribution in [1.29, 1.82) is 0 Å². The van der Waals surface area contributed by atoms with Crippen LogP contribution in [-0.4, -0.2) is 56.8 Å². The van der Waals surface area contributed by atoms with E-state index in [1.807, 2.05) is 102 Å². The molecule has 54 heavy (non-hydrogen) atoms. The number of nitrogens with one attached hydrogen (secondary N) is 3. The van der Waals surface area contributed by atoms with Gasteiger partial charge in [0.15, 0.2) is 0 Å². The van der Waals surface area contributed by atoms with E-state index >= 15 is 0 Å². The topological polar surface area (TPSA) is 164 Å². The largest absolute Gasteiger partial charge is 0.506 e. The van der Waals surface area contributed by atoms with Crippen LogP contribution in [0.1, 0.15) is 56.7 Å². The van der Waals surface area contributed by atoms with Crippen molar-refractivity contribution in [2.45, 2.75) is 31.7 Å². The van der Waals surface area contributed by atoms with Gasteiger partial charge in [-0.2, -0.15) is 0 Å². The number of pyridine rings is 1. The summed E-state index contributed by atoms with van der Waals surface area (Å²) < 4.78 is 6.08. The van der Waals surface area contributed by atoms with E-state index in [1.54, 1.807) is 24.3 Å². The number of carboxylic acid groups (broad SMARTS) is 1. The highest BCUT2D eigenvalue weighted by molar-refractivity contribution is 5.94. The van der Waals surface area contributed by atoms with Crippen LogP contribution >= 0.6 is 0 Å². The molecule has 0 spiro atoms. The van der Waals surface area contributed by atoms with Gasteiger partial charge in [-0.15, -0.1) is 0 Å². The van der Waals surface area contributed by atoms with E-state index in [4.69, 9.17) is 4.74 Å². The number of aliphatic hydroxyl groups is 1. The van der Waals surface area contributed by atoms with E-state index in [-0.39, 0.29) is 35.9 Å². The molecule has 11 nitrogen and oxygen atoms in total. The molecule has 6 aromatic rings.